The van der Waals surface area contributed by atoms with Gasteiger partial charge >= 0.3 is 12.0 Å². The topological polar surface area (TPSA) is 98.7 Å². The fourth-order valence-electron chi connectivity index (χ4n) is 3.44. The van der Waals surface area contributed by atoms with E-state index in [1.165, 1.54) is 19.3 Å². The fraction of sp³-hybridized carbons (Fsp3) is 0.812. The Hall–Kier alpha value is -1.79. The highest BCUT2D eigenvalue weighted by Crippen LogP contribution is 2.25. The lowest BCUT2D eigenvalue weighted by Crippen LogP contribution is -2.57. The molecule has 0 bridgehead atoms. The lowest BCUT2D eigenvalue weighted by atomic mass is 9.92. The molecule has 2 aliphatic rings. The van der Waals surface area contributed by atoms with Crippen LogP contribution in [0, 0.1) is 0 Å². The molecule has 0 aromatic heterocycles. The third-order valence-electron chi connectivity index (χ3n) is 4.65. The van der Waals surface area contributed by atoms with Gasteiger partial charge in [0, 0.05) is 25.6 Å². The summed E-state index contributed by atoms with van der Waals surface area (Å²) >= 11 is 0. The zero-order chi connectivity index (χ0) is 16.7. The third-order valence-corrected chi connectivity index (χ3v) is 4.65. The first kappa shape index (κ1) is 17.6. The van der Waals surface area contributed by atoms with Gasteiger partial charge in [-0.15, -0.1) is 0 Å². The number of nitrogens with zero attached hydrogens (tertiary/aromatic N) is 1. The Kier molecular flexibility index (Phi) is 6.67. The molecule has 1 aliphatic carbocycles. The van der Waals surface area contributed by atoms with E-state index >= 15 is 0 Å². The van der Waals surface area contributed by atoms with E-state index in [0.717, 1.165) is 25.8 Å². The highest BCUT2D eigenvalue weighted by molar-refractivity contribution is 5.87. The zero-order valence-electron chi connectivity index (χ0n) is 13.6. The molecule has 130 valence electrons. The summed E-state index contributed by atoms with van der Waals surface area (Å²) in [6.07, 6.45) is 7.73. The van der Waals surface area contributed by atoms with E-state index < -0.39 is 12.0 Å². The van der Waals surface area contributed by atoms with Crippen LogP contribution in [0.25, 0.3) is 0 Å². The van der Waals surface area contributed by atoms with E-state index in [4.69, 9.17) is 5.11 Å². The van der Waals surface area contributed by atoms with Crippen molar-refractivity contribution in [3.63, 3.8) is 0 Å². The third kappa shape index (κ3) is 5.41. The van der Waals surface area contributed by atoms with Crippen LogP contribution in [0.15, 0.2) is 0 Å². The monoisotopic (exact) mass is 325 g/mol. The summed E-state index contributed by atoms with van der Waals surface area (Å²) in [6, 6.07) is -0.510. The maximum atomic E-state index is 12.6. The predicted molar refractivity (Wildman–Crippen MR) is 85.0 cm³/mol. The second-order valence-corrected chi connectivity index (χ2v) is 6.42. The molecule has 3 N–H and O–H groups in total. The molecule has 1 atom stereocenters. The van der Waals surface area contributed by atoms with Gasteiger partial charge in [-0.05, 0) is 32.1 Å². The van der Waals surface area contributed by atoms with Crippen LogP contribution in [0.3, 0.4) is 0 Å². The predicted octanol–water partition coefficient (Wildman–Crippen LogP) is 1.47. The molecule has 1 heterocycles. The van der Waals surface area contributed by atoms with Gasteiger partial charge < -0.3 is 20.6 Å². The number of carbonyl (C=O) groups excluding carboxylic acids is 2. The van der Waals surface area contributed by atoms with Crippen molar-refractivity contribution in [2.24, 2.45) is 0 Å². The van der Waals surface area contributed by atoms with Crippen molar-refractivity contribution in [2.45, 2.75) is 69.9 Å². The number of carboxylic acid groups (broad SMARTS) is 1. The van der Waals surface area contributed by atoms with Gasteiger partial charge in [0.15, 0.2) is 0 Å². The molecule has 3 amide bonds. The molecule has 7 heteroatoms. The van der Waals surface area contributed by atoms with E-state index in [2.05, 4.69) is 10.6 Å². The number of amides is 3. The quantitative estimate of drug-likeness (QED) is 0.644. The van der Waals surface area contributed by atoms with Gasteiger partial charge in [-0.25, -0.2) is 4.79 Å². The van der Waals surface area contributed by atoms with Gasteiger partial charge in [0.2, 0.25) is 5.91 Å². The number of aliphatic carboxylic acids is 1. The van der Waals surface area contributed by atoms with Gasteiger partial charge in [-0.2, -0.15) is 0 Å². The molecule has 1 saturated carbocycles. The number of hydrogen-bond donors (Lipinski definition) is 3. The minimum atomic E-state index is -0.877. The molecule has 2 rings (SSSR count). The van der Waals surface area contributed by atoms with Crippen molar-refractivity contribution < 1.29 is 19.5 Å². The number of piperidine rings is 1. The summed E-state index contributed by atoms with van der Waals surface area (Å²) in [6.45, 7) is 1.09. The first-order valence-electron chi connectivity index (χ1n) is 8.64. The van der Waals surface area contributed by atoms with Crippen LogP contribution in [-0.4, -0.2) is 53.1 Å². The highest BCUT2D eigenvalue weighted by atomic mass is 16.4. The van der Waals surface area contributed by atoms with E-state index in [1.54, 1.807) is 0 Å². The Morgan fingerprint density at radius 3 is 2.57 bits per heavy atom. The van der Waals surface area contributed by atoms with E-state index in [0.29, 0.717) is 25.4 Å². The maximum absolute atomic E-state index is 12.6. The lowest BCUT2D eigenvalue weighted by Gasteiger charge is -2.39. The Balaban J connectivity index is 1.76. The van der Waals surface area contributed by atoms with Gasteiger partial charge in [-0.1, -0.05) is 19.3 Å². The van der Waals surface area contributed by atoms with Crippen molar-refractivity contribution in [3.05, 3.63) is 0 Å². The summed E-state index contributed by atoms with van der Waals surface area (Å²) in [5, 5.41) is 13.9. The van der Waals surface area contributed by atoms with E-state index in [-0.39, 0.29) is 18.4 Å². The number of carbonyl (C=O) groups is 3. The molecule has 1 saturated heterocycles. The SMILES string of the molecule is O=C(O)CCCNC(=O)NC1CCCN(C2CCCCC2)C1=O. The largest absolute Gasteiger partial charge is 0.481 e. The van der Waals surface area contributed by atoms with Crippen LogP contribution in [0.5, 0.6) is 0 Å². The smallest absolute Gasteiger partial charge is 0.315 e. The van der Waals surface area contributed by atoms with Crippen molar-refractivity contribution in [3.8, 4) is 0 Å². The second kappa shape index (κ2) is 8.74. The molecule has 0 aromatic carbocycles. The number of rotatable bonds is 6. The van der Waals surface area contributed by atoms with Crippen molar-refractivity contribution in [2.75, 3.05) is 13.1 Å². The molecule has 1 aliphatic heterocycles. The average molecular weight is 325 g/mol. The maximum Gasteiger partial charge on any atom is 0.315 e. The normalized spacial score (nSPS) is 22.7. The minimum absolute atomic E-state index is 0.0259. The summed E-state index contributed by atoms with van der Waals surface area (Å²) in [4.78, 5) is 36.8. The number of likely N-dealkylation sites (tertiary alicyclic amines) is 1. The van der Waals surface area contributed by atoms with Crippen molar-refractivity contribution in [1.82, 2.24) is 15.5 Å². The van der Waals surface area contributed by atoms with Crippen molar-refractivity contribution >= 4 is 17.9 Å². The van der Waals surface area contributed by atoms with Crippen LogP contribution in [-0.2, 0) is 9.59 Å². The molecule has 0 aromatic rings. The summed E-state index contributed by atoms with van der Waals surface area (Å²) in [5.41, 5.74) is 0. The van der Waals surface area contributed by atoms with Crippen LogP contribution in [0.2, 0.25) is 0 Å². The van der Waals surface area contributed by atoms with Gasteiger partial charge in [-0.3, -0.25) is 9.59 Å². The molecule has 0 spiro atoms. The first-order chi connectivity index (χ1) is 11.1. The Morgan fingerprint density at radius 1 is 1.13 bits per heavy atom. The zero-order valence-corrected chi connectivity index (χ0v) is 13.6. The van der Waals surface area contributed by atoms with E-state index in [9.17, 15) is 14.4 Å². The number of nitrogens with one attached hydrogen (secondary N) is 2. The Labute approximate surface area is 136 Å². The van der Waals surface area contributed by atoms with Gasteiger partial charge in [0.1, 0.15) is 6.04 Å². The molecule has 2 fully saturated rings. The Morgan fingerprint density at radius 2 is 1.87 bits per heavy atom. The Bertz CT molecular complexity index is 435. The van der Waals surface area contributed by atoms with Gasteiger partial charge in [0.25, 0.3) is 0 Å². The van der Waals surface area contributed by atoms with Crippen LogP contribution < -0.4 is 10.6 Å². The first-order valence-corrected chi connectivity index (χ1v) is 8.64. The standard InChI is InChI=1S/C16H27N3O4/c20-14(21)9-4-10-17-16(23)18-13-8-5-11-19(15(13)22)12-6-2-1-3-7-12/h12-13H,1-11H2,(H,20,21)(H2,17,18,23). The van der Waals surface area contributed by atoms with Crippen LogP contribution in [0.1, 0.15) is 57.8 Å². The molecular formula is C16H27N3O4. The fourth-order valence-corrected chi connectivity index (χ4v) is 3.44. The molecule has 0 radical (unpaired) electrons. The van der Waals surface area contributed by atoms with E-state index in [1.807, 2.05) is 4.90 Å². The summed E-state index contributed by atoms with van der Waals surface area (Å²) in [7, 11) is 0. The minimum Gasteiger partial charge on any atom is -0.481 e. The van der Waals surface area contributed by atoms with Crippen molar-refractivity contribution in [1.29, 1.82) is 0 Å². The number of carboxylic acids is 1. The van der Waals surface area contributed by atoms with Gasteiger partial charge in [0.05, 0.1) is 0 Å². The molecule has 1 unspecified atom stereocenters. The lowest BCUT2D eigenvalue weighted by molar-refractivity contribution is -0.139. The van der Waals surface area contributed by atoms with Crippen LogP contribution >= 0.6 is 0 Å². The second-order valence-electron chi connectivity index (χ2n) is 6.42. The summed E-state index contributed by atoms with van der Waals surface area (Å²) in [5.74, 6) is -0.846. The molecule has 23 heavy (non-hydrogen) atoms. The average Bonchev–Trinajstić information content (AvgIpc) is 2.54. The highest BCUT2D eigenvalue weighted by Gasteiger charge is 2.34. The molecular weight excluding hydrogens is 298 g/mol. The van der Waals surface area contributed by atoms with Crippen LogP contribution in [0.4, 0.5) is 4.79 Å². The summed E-state index contributed by atoms with van der Waals surface area (Å²) < 4.78 is 0. The molecule has 7 nitrogen and oxygen atoms in total. The number of hydrogen-bond acceptors (Lipinski definition) is 3. The number of urea groups is 1.